The molecule has 3 rings (SSSR count). The predicted octanol–water partition coefficient (Wildman–Crippen LogP) is 1.42. The van der Waals surface area contributed by atoms with E-state index in [1.54, 1.807) is 11.0 Å². The summed E-state index contributed by atoms with van der Waals surface area (Å²) in [6.45, 7) is 6.77. The summed E-state index contributed by atoms with van der Waals surface area (Å²) in [7, 11) is 0. The lowest BCUT2D eigenvalue weighted by Gasteiger charge is -2.32. The van der Waals surface area contributed by atoms with Crippen molar-refractivity contribution in [1.82, 2.24) is 19.7 Å². The Kier molecular flexibility index (Phi) is 3.98. The first-order valence-electron chi connectivity index (χ1n) is 7.52. The number of nitrogens with zero attached hydrogens (tertiary/aromatic N) is 4. The largest absolute Gasteiger partial charge is 0.466 e. The molecule has 22 heavy (non-hydrogen) atoms. The fourth-order valence-electron chi connectivity index (χ4n) is 3.04. The summed E-state index contributed by atoms with van der Waals surface area (Å²) in [6, 6.07) is 2.32. The van der Waals surface area contributed by atoms with Gasteiger partial charge in [0.15, 0.2) is 0 Å². The molecule has 118 valence electrons. The number of carbonyl (C=O) groups is 1. The van der Waals surface area contributed by atoms with Gasteiger partial charge in [0.1, 0.15) is 17.8 Å². The molecule has 2 aromatic rings. The van der Waals surface area contributed by atoms with E-state index < -0.39 is 5.91 Å². The summed E-state index contributed by atoms with van der Waals surface area (Å²) in [6.07, 6.45) is 3.72. The van der Waals surface area contributed by atoms with E-state index >= 15 is 0 Å². The van der Waals surface area contributed by atoms with Gasteiger partial charge in [-0.15, -0.1) is 5.10 Å². The number of piperidine rings is 1. The van der Waals surface area contributed by atoms with Crippen molar-refractivity contribution < 1.29 is 9.21 Å². The molecule has 0 bridgehead atoms. The Morgan fingerprint density at radius 3 is 2.95 bits per heavy atom. The van der Waals surface area contributed by atoms with Crippen molar-refractivity contribution in [2.45, 2.75) is 39.3 Å². The molecule has 0 saturated carbocycles. The molecule has 2 N–H and O–H groups in total. The number of nitrogens with two attached hydrogens (primary N) is 1. The number of hydrogen-bond donors (Lipinski definition) is 1. The Hall–Kier alpha value is -2.15. The minimum absolute atomic E-state index is 0.0819. The Bertz CT molecular complexity index is 675. The standard InChI is InChI=1S/C15H21N5O2/c1-10-6-12(11(2)22-10)7-19-5-3-4-13(8-19)20-9-17-15(18-20)14(16)21/h6,9,13H,3-5,7-8H2,1-2H3,(H2,16,21)/t13-/m1/s1. The van der Waals surface area contributed by atoms with Crippen LogP contribution in [-0.4, -0.2) is 38.7 Å². The van der Waals surface area contributed by atoms with Crippen LogP contribution in [0.5, 0.6) is 0 Å². The van der Waals surface area contributed by atoms with Crippen molar-refractivity contribution in [3.05, 3.63) is 35.3 Å². The molecular weight excluding hydrogens is 282 g/mol. The first kappa shape index (κ1) is 14.8. The molecule has 1 saturated heterocycles. The molecule has 1 aliphatic heterocycles. The Morgan fingerprint density at radius 2 is 2.32 bits per heavy atom. The van der Waals surface area contributed by atoms with Crippen LogP contribution in [-0.2, 0) is 6.54 Å². The summed E-state index contributed by atoms with van der Waals surface area (Å²) in [5.41, 5.74) is 6.44. The second-order valence-electron chi connectivity index (χ2n) is 5.88. The number of rotatable bonds is 4. The van der Waals surface area contributed by atoms with Crippen LogP contribution in [0.4, 0.5) is 0 Å². The number of primary amides is 1. The van der Waals surface area contributed by atoms with Gasteiger partial charge in [0.2, 0.25) is 5.82 Å². The lowest BCUT2D eigenvalue weighted by Crippen LogP contribution is -2.36. The third kappa shape index (κ3) is 3.04. The Labute approximate surface area is 129 Å². The van der Waals surface area contributed by atoms with Gasteiger partial charge in [0.25, 0.3) is 5.91 Å². The molecule has 1 aliphatic rings. The van der Waals surface area contributed by atoms with E-state index in [2.05, 4.69) is 21.0 Å². The van der Waals surface area contributed by atoms with Crippen molar-refractivity contribution in [2.24, 2.45) is 5.73 Å². The summed E-state index contributed by atoms with van der Waals surface area (Å²) in [4.78, 5) is 17.5. The first-order valence-corrected chi connectivity index (χ1v) is 7.52. The van der Waals surface area contributed by atoms with Gasteiger partial charge in [0, 0.05) is 18.7 Å². The minimum Gasteiger partial charge on any atom is -0.466 e. The lowest BCUT2D eigenvalue weighted by atomic mass is 10.1. The normalized spacial score (nSPS) is 19.5. The minimum atomic E-state index is -0.587. The Morgan fingerprint density at radius 1 is 1.50 bits per heavy atom. The quantitative estimate of drug-likeness (QED) is 0.922. The van der Waals surface area contributed by atoms with Crippen LogP contribution in [0, 0.1) is 13.8 Å². The van der Waals surface area contributed by atoms with Gasteiger partial charge in [0.05, 0.1) is 6.04 Å². The zero-order valence-electron chi connectivity index (χ0n) is 13.0. The Balaban J connectivity index is 1.68. The van der Waals surface area contributed by atoms with E-state index in [4.69, 9.17) is 10.2 Å². The summed E-state index contributed by atoms with van der Waals surface area (Å²) in [5, 5.41) is 4.18. The maximum atomic E-state index is 11.1. The SMILES string of the molecule is Cc1cc(CN2CCC[C@@H](n3cnc(C(N)=O)n3)C2)c(C)o1. The monoisotopic (exact) mass is 303 g/mol. The van der Waals surface area contributed by atoms with E-state index in [9.17, 15) is 4.79 Å². The zero-order valence-corrected chi connectivity index (χ0v) is 13.0. The highest BCUT2D eigenvalue weighted by Crippen LogP contribution is 2.24. The third-order valence-electron chi connectivity index (χ3n) is 4.12. The molecule has 7 heteroatoms. The van der Waals surface area contributed by atoms with Crippen molar-refractivity contribution in [2.75, 3.05) is 13.1 Å². The summed E-state index contributed by atoms with van der Waals surface area (Å²) in [5.74, 6) is 1.43. The molecule has 0 radical (unpaired) electrons. The van der Waals surface area contributed by atoms with Crippen LogP contribution in [0.25, 0.3) is 0 Å². The molecule has 3 heterocycles. The number of aromatic nitrogens is 3. The number of aryl methyl sites for hydroxylation is 2. The van der Waals surface area contributed by atoms with Crippen LogP contribution < -0.4 is 5.73 Å². The van der Waals surface area contributed by atoms with Crippen molar-refractivity contribution in [3.63, 3.8) is 0 Å². The van der Waals surface area contributed by atoms with Crippen LogP contribution in [0.1, 0.15) is 46.6 Å². The highest BCUT2D eigenvalue weighted by atomic mass is 16.3. The van der Waals surface area contributed by atoms with Crippen molar-refractivity contribution in [1.29, 1.82) is 0 Å². The zero-order chi connectivity index (χ0) is 15.7. The fraction of sp³-hybridized carbons (Fsp3) is 0.533. The summed E-state index contributed by atoms with van der Waals surface area (Å²) >= 11 is 0. The van der Waals surface area contributed by atoms with Gasteiger partial charge in [-0.1, -0.05) is 0 Å². The predicted molar refractivity (Wildman–Crippen MR) is 80.3 cm³/mol. The van der Waals surface area contributed by atoms with E-state index in [0.29, 0.717) is 0 Å². The van der Waals surface area contributed by atoms with E-state index in [1.165, 1.54) is 5.56 Å². The highest BCUT2D eigenvalue weighted by Gasteiger charge is 2.23. The first-order chi connectivity index (χ1) is 10.5. The summed E-state index contributed by atoms with van der Waals surface area (Å²) < 4.78 is 7.36. The van der Waals surface area contributed by atoms with Gasteiger partial charge in [-0.25, -0.2) is 9.67 Å². The van der Waals surface area contributed by atoms with Crippen LogP contribution in [0.3, 0.4) is 0 Å². The smallest absolute Gasteiger partial charge is 0.288 e. The molecule has 7 nitrogen and oxygen atoms in total. The van der Waals surface area contributed by atoms with Gasteiger partial charge in [-0.3, -0.25) is 9.69 Å². The van der Waals surface area contributed by atoms with Crippen molar-refractivity contribution in [3.8, 4) is 0 Å². The number of amides is 1. The molecule has 1 amide bonds. The molecule has 1 atom stereocenters. The maximum absolute atomic E-state index is 11.1. The maximum Gasteiger partial charge on any atom is 0.288 e. The van der Waals surface area contributed by atoms with Gasteiger partial charge in [-0.05, 0) is 39.3 Å². The van der Waals surface area contributed by atoms with Crippen molar-refractivity contribution >= 4 is 5.91 Å². The molecule has 0 aromatic carbocycles. The van der Waals surface area contributed by atoms with Crippen LogP contribution in [0.2, 0.25) is 0 Å². The van der Waals surface area contributed by atoms with Crippen LogP contribution in [0.15, 0.2) is 16.8 Å². The molecule has 0 spiro atoms. The number of hydrogen-bond acceptors (Lipinski definition) is 5. The second kappa shape index (κ2) is 5.92. The van der Waals surface area contributed by atoms with Gasteiger partial charge >= 0.3 is 0 Å². The average molecular weight is 303 g/mol. The van der Waals surface area contributed by atoms with E-state index in [1.807, 2.05) is 13.8 Å². The number of furan rings is 1. The molecule has 0 unspecified atom stereocenters. The average Bonchev–Trinajstić information content (AvgIpc) is 3.07. The van der Waals surface area contributed by atoms with Gasteiger partial charge < -0.3 is 10.2 Å². The third-order valence-corrected chi connectivity index (χ3v) is 4.12. The van der Waals surface area contributed by atoms with E-state index in [-0.39, 0.29) is 11.9 Å². The van der Waals surface area contributed by atoms with Crippen LogP contribution >= 0.6 is 0 Å². The number of carbonyl (C=O) groups excluding carboxylic acids is 1. The molecule has 1 fully saturated rings. The molecule has 2 aromatic heterocycles. The van der Waals surface area contributed by atoms with Gasteiger partial charge in [-0.2, -0.15) is 0 Å². The molecule has 0 aliphatic carbocycles. The lowest BCUT2D eigenvalue weighted by molar-refractivity contribution is 0.0989. The highest BCUT2D eigenvalue weighted by molar-refractivity contribution is 5.88. The van der Waals surface area contributed by atoms with E-state index in [0.717, 1.165) is 44.0 Å². The second-order valence-corrected chi connectivity index (χ2v) is 5.88. The topological polar surface area (TPSA) is 90.2 Å². The fourth-order valence-corrected chi connectivity index (χ4v) is 3.04. The molecular formula is C15H21N5O2. The number of likely N-dealkylation sites (tertiary alicyclic amines) is 1.